The van der Waals surface area contributed by atoms with Crippen molar-refractivity contribution in [3.8, 4) is 11.3 Å². The lowest BCUT2D eigenvalue weighted by Crippen LogP contribution is -2.52. The third-order valence-corrected chi connectivity index (χ3v) is 5.62. The molecule has 1 fully saturated rings. The smallest absolute Gasteiger partial charge is 0.337 e. The van der Waals surface area contributed by atoms with E-state index in [4.69, 9.17) is 14.7 Å². The second-order valence-electron chi connectivity index (χ2n) is 7.53. The van der Waals surface area contributed by atoms with Crippen molar-refractivity contribution in [3.63, 3.8) is 0 Å². The number of anilines is 1. The maximum absolute atomic E-state index is 13.5. The van der Waals surface area contributed by atoms with E-state index in [0.717, 1.165) is 37.6 Å². The van der Waals surface area contributed by atoms with Crippen molar-refractivity contribution in [1.82, 2.24) is 14.9 Å². The second-order valence-corrected chi connectivity index (χ2v) is 7.53. The molecule has 156 valence electrons. The van der Waals surface area contributed by atoms with Gasteiger partial charge < -0.3 is 9.64 Å². The molecular weight excluding hydrogens is 383 g/mol. The van der Waals surface area contributed by atoms with Gasteiger partial charge in [-0.1, -0.05) is 6.92 Å². The number of carbonyl (C=O) groups excluding carboxylic acids is 1. The minimum Gasteiger partial charge on any atom is -0.465 e. The molecule has 0 radical (unpaired) electrons. The quantitative estimate of drug-likeness (QED) is 0.613. The van der Waals surface area contributed by atoms with Gasteiger partial charge in [-0.25, -0.2) is 19.2 Å². The SMILES string of the molecule is CCN1CCN(c2nc3cc(C(=O)OC)ccc3nc2-c2ccc(F)cc2)C(C)C1. The van der Waals surface area contributed by atoms with E-state index in [1.165, 1.54) is 19.2 Å². The molecule has 1 atom stereocenters. The van der Waals surface area contributed by atoms with E-state index in [2.05, 4.69) is 23.6 Å². The minimum absolute atomic E-state index is 0.244. The Bertz CT molecular complexity index is 1070. The van der Waals surface area contributed by atoms with E-state index in [1.807, 2.05) is 0 Å². The summed E-state index contributed by atoms with van der Waals surface area (Å²) in [5.41, 5.74) is 3.26. The van der Waals surface area contributed by atoms with Gasteiger partial charge in [0.1, 0.15) is 11.5 Å². The van der Waals surface area contributed by atoms with Crippen LogP contribution in [0.15, 0.2) is 42.5 Å². The molecule has 1 saturated heterocycles. The molecule has 0 N–H and O–H groups in total. The highest BCUT2D eigenvalue weighted by Crippen LogP contribution is 2.32. The molecule has 2 aromatic carbocycles. The molecule has 1 aliphatic heterocycles. The molecule has 0 amide bonds. The van der Waals surface area contributed by atoms with E-state index in [-0.39, 0.29) is 11.9 Å². The van der Waals surface area contributed by atoms with Crippen LogP contribution >= 0.6 is 0 Å². The van der Waals surface area contributed by atoms with Crippen molar-refractivity contribution in [1.29, 1.82) is 0 Å². The summed E-state index contributed by atoms with van der Waals surface area (Å²) in [6.07, 6.45) is 0. The van der Waals surface area contributed by atoms with Gasteiger partial charge in [0.2, 0.25) is 0 Å². The van der Waals surface area contributed by atoms with Gasteiger partial charge >= 0.3 is 5.97 Å². The predicted octanol–water partition coefficient (Wildman–Crippen LogP) is 3.75. The Balaban J connectivity index is 1.86. The number of halogens is 1. The number of methoxy groups -OCH3 is 1. The maximum atomic E-state index is 13.5. The molecular formula is C23H25FN4O2. The number of fused-ring (bicyclic) bond motifs is 1. The van der Waals surface area contributed by atoms with E-state index in [9.17, 15) is 9.18 Å². The lowest BCUT2D eigenvalue weighted by atomic mass is 10.1. The molecule has 0 saturated carbocycles. The second kappa shape index (κ2) is 8.36. The van der Waals surface area contributed by atoms with Gasteiger partial charge in [-0.05, 0) is 55.9 Å². The monoisotopic (exact) mass is 408 g/mol. The number of rotatable bonds is 4. The van der Waals surface area contributed by atoms with Crippen LogP contribution in [0.25, 0.3) is 22.3 Å². The Kier molecular flexibility index (Phi) is 5.63. The summed E-state index contributed by atoms with van der Waals surface area (Å²) in [6.45, 7) is 8.03. The Morgan fingerprint density at radius 3 is 2.57 bits per heavy atom. The maximum Gasteiger partial charge on any atom is 0.337 e. The summed E-state index contributed by atoms with van der Waals surface area (Å²) in [6, 6.07) is 11.7. The Morgan fingerprint density at radius 1 is 1.13 bits per heavy atom. The van der Waals surface area contributed by atoms with Crippen molar-refractivity contribution in [2.24, 2.45) is 0 Å². The summed E-state index contributed by atoms with van der Waals surface area (Å²) in [5, 5.41) is 0. The average molecular weight is 408 g/mol. The number of carbonyl (C=O) groups is 1. The molecule has 30 heavy (non-hydrogen) atoms. The number of piperazine rings is 1. The average Bonchev–Trinajstić information content (AvgIpc) is 2.77. The molecule has 1 aromatic heterocycles. The van der Waals surface area contributed by atoms with Crippen molar-refractivity contribution in [3.05, 3.63) is 53.8 Å². The fourth-order valence-corrected chi connectivity index (χ4v) is 3.93. The molecule has 0 spiro atoms. The molecule has 4 rings (SSSR count). The lowest BCUT2D eigenvalue weighted by Gasteiger charge is -2.40. The predicted molar refractivity (Wildman–Crippen MR) is 115 cm³/mol. The zero-order valence-corrected chi connectivity index (χ0v) is 17.4. The van der Waals surface area contributed by atoms with Gasteiger partial charge in [0.15, 0.2) is 5.82 Å². The largest absolute Gasteiger partial charge is 0.465 e. The molecule has 0 bridgehead atoms. The third-order valence-electron chi connectivity index (χ3n) is 5.62. The van der Waals surface area contributed by atoms with Crippen LogP contribution in [-0.2, 0) is 4.74 Å². The van der Waals surface area contributed by atoms with Crippen LogP contribution in [0.2, 0.25) is 0 Å². The zero-order chi connectivity index (χ0) is 21.3. The summed E-state index contributed by atoms with van der Waals surface area (Å²) >= 11 is 0. The molecule has 2 heterocycles. The van der Waals surface area contributed by atoms with Gasteiger partial charge in [-0.2, -0.15) is 0 Å². The highest BCUT2D eigenvalue weighted by molar-refractivity contribution is 5.94. The fourth-order valence-electron chi connectivity index (χ4n) is 3.93. The Morgan fingerprint density at radius 2 is 1.90 bits per heavy atom. The fraction of sp³-hybridized carbons (Fsp3) is 0.348. The topological polar surface area (TPSA) is 58.6 Å². The van der Waals surface area contributed by atoms with Crippen LogP contribution in [0.4, 0.5) is 10.2 Å². The van der Waals surface area contributed by atoms with E-state index < -0.39 is 5.97 Å². The number of aromatic nitrogens is 2. The highest BCUT2D eigenvalue weighted by atomic mass is 19.1. The van der Waals surface area contributed by atoms with Crippen LogP contribution in [0.1, 0.15) is 24.2 Å². The zero-order valence-electron chi connectivity index (χ0n) is 17.4. The lowest BCUT2D eigenvalue weighted by molar-refractivity contribution is 0.0601. The normalized spacial score (nSPS) is 17.3. The number of ether oxygens (including phenoxy) is 1. The molecule has 7 heteroatoms. The van der Waals surface area contributed by atoms with Gasteiger partial charge in [0.25, 0.3) is 0 Å². The number of benzene rings is 2. The highest BCUT2D eigenvalue weighted by Gasteiger charge is 2.27. The number of hydrogen-bond acceptors (Lipinski definition) is 6. The number of nitrogens with zero attached hydrogens (tertiary/aromatic N) is 4. The molecule has 3 aromatic rings. The molecule has 0 aliphatic carbocycles. The van der Waals surface area contributed by atoms with Gasteiger partial charge in [0.05, 0.1) is 23.7 Å². The first-order valence-corrected chi connectivity index (χ1v) is 10.1. The standard InChI is InChI=1S/C23H25FN4O2/c1-4-27-11-12-28(15(2)14-27)22-21(16-5-8-18(24)9-6-16)25-19-10-7-17(23(29)30-3)13-20(19)26-22/h5-10,13,15H,4,11-12,14H2,1-3H3. The summed E-state index contributed by atoms with van der Waals surface area (Å²) in [5.74, 6) is 0.0499. The van der Waals surface area contributed by atoms with Crippen LogP contribution in [-0.4, -0.2) is 60.2 Å². The first kappa shape index (κ1) is 20.2. The van der Waals surface area contributed by atoms with Crippen LogP contribution in [0, 0.1) is 5.82 Å². The Labute approximate surface area is 175 Å². The van der Waals surface area contributed by atoms with E-state index >= 15 is 0 Å². The van der Waals surface area contributed by atoms with Crippen molar-refractivity contribution >= 4 is 22.8 Å². The first-order valence-electron chi connectivity index (χ1n) is 10.1. The first-order chi connectivity index (χ1) is 14.5. The van der Waals surface area contributed by atoms with Crippen molar-refractivity contribution in [2.75, 3.05) is 38.2 Å². The van der Waals surface area contributed by atoms with Gasteiger partial charge in [0, 0.05) is 31.2 Å². The summed E-state index contributed by atoms with van der Waals surface area (Å²) < 4.78 is 18.4. The van der Waals surface area contributed by atoms with Gasteiger partial charge in [-0.3, -0.25) is 4.90 Å². The summed E-state index contributed by atoms with van der Waals surface area (Å²) in [7, 11) is 1.36. The van der Waals surface area contributed by atoms with Gasteiger partial charge in [-0.15, -0.1) is 0 Å². The van der Waals surface area contributed by atoms with Crippen LogP contribution < -0.4 is 4.90 Å². The molecule has 1 aliphatic rings. The van der Waals surface area contributed by atoms with Crippen LogP contribution in [0.5, 0.6) is 0 Å². The summed E-state index contributed by atoms with van der Waals surface area (Å²) in [4.78, 5) is 26.4. The molecule has 6 nitrogen and oxygen atoms in total. The number of likely N-dealkylation sites (N-methyl/N-ethyl adjacent to an activating group) is 1. The third kappa shape index (κ3) is 3.85. The van der Waals surface area contributed by atoms with Crippen LogP contribution in [0.3, 0.4) is 0 Å². The molecule has 1 unspecified atom stereocenters. The number of hydrogen-bond donors (Lipinski definition) is 0. The van der Waals surface area contributed by atoms with Crippen molar-refractivity contribution in [2.45, 2.75) is 19.9 Å². The van der Waals surface area contributed by atoms with E-state index in [0.29, 0.717) is 22.3 Å². The van der Waals surface area contributed by atoms with E-state index in [1.54, 1.807) is 30.3 Å². The van der Waals surface area contributed by atoms with Crippen molar-refractivity contribution < 1.29 is 13.9 Å². The Hall–Kier alpha value is -3.06. The minimum atomic E-state index is -0.409. The number of esters is 1.